The zero-order chi connectivity index (χ0) is 16.2. The fourth-order valence-electron chi connectivity index (χ4n) is 2.26. The number of aromatic nitrogens is 1. The average molecular weight is 328 g/mol. The largest absolute Gasteiger partial charge is 0.496 e. The number of rotatable bonds is 5. The summed E-state index contributed by atoms with van der Waals surface area (Å²) >= 11 is 1.60. The molecule has 0 aliphatic rings. The van der Waals surface area contributed by atoms with Crippen molar-refractivity contribution in [1.82, 2.24) is 4.98 Å². The molecule has 1 heterocycles. The van der Waals surface area contributed by atoms with Crippen LogP contribution in [0, 0.1) is 0 Å². The summed E-state index contributed by atoms with van der Waals surface area (Å²) in [5.41, 5.74) is 2.34. The summed E-state index contributed by atoms with van der Waals surface area (Å²) in [5.74, 6) is 0.0873. The van der Waals surface area contributed by atoms with Gasteiger partial charge in [0.15, 0.2) is 5.13 Å². The topological polar surface area (TPSA) is 60.5 Å². The Bertz CT molecular complexity index is 812. The fraction of sp³-hybridized carbons (Fsp3) is 0.176. The van der Waals surface area contributed by atoms with Gasteiger partial charge in [0.1, 0.15) is 11.3 Å². The van der Waals surface area contributed by atoms with Gasteiger partial charge in [0.05, 0.1) is 24.4 Å². The smallest absolute Gasteiger partial charge is 0.341 e. The Morgan fingerprint density at radius 2 is 2.04 bits per heavy atom. The second-order valence-electron chi connectivity index (χ2n) is 4.87. The summed E-state index contributed by atoms with van der Waals surface area (Å²) in [7, 11) is 2.88. The molecular formula is C17H16N2O3S. The zero-order valence-corrected chi connectivity index (χ0v) is 13.6. The van der Waals surface area contributed by atoms with E-state index in [-0.39, 0.29) is 0 Å². The van der Waals surface area contributed by atoms with Crippen molar-refractivity contribution >= 4 is 32.7 Å². The molecule has 5 nitrogen and oxygen atoms in total. The summed E-state index contributed by atoms with van der Waals surface area (Å²) < 4.78 is 11.1. The molecule has 23 heavy (non-hydrogen) atoms. The van der Waals surface area contributed by atoms with Crippen LogP contribution in [0.1, 0.15) is 15.9 Å². The van der Waals surface area contributed by atoms with Gasteiger partial charge in [-0.25, -0.2) is 9.78 Å². The second-order valence-corrected chi connectivity index (χ2v) is 5.90. The number of para-hydroxylation sites is 1. The van der Waals surface area contributed by atoms with Gasteiger partial charge in [-0.05, 0) is 29.8 Å². The molecule has 0 saturated heterocycles. The molecule has 0 aliphatic heterocycles. The number of hydrogen-bond donors (Lipinski definition) is 1. The molecule has 0 fully saturated rings. The highest BCUT2D eigenvalue weighted by molar-refractivity contribution is 7.22. The first-order valence-electron chi connectivity index (χ1n) is 7.06. The Morgan fingerprint density at radius 3 is 2.78 bits per heavy atom. The quantitative estimate of drug-likeness (QED) is 0.724. The standard InChI is InChI=1S/C17H16N2O3S/c1-21-14-8-7-11(9-12(14)16(20)22-2)10-18-17-19-13-5-3-4-6-15(13)23-17/h3-9H,10H2,1-2H3,(H,18,19). The molecule has 0 radical (unpaired) electrons. The number of ether oxygens (including phenoxy) is 2. The number of carbonyl (C=O) groups is 1. The minimum Gasteiger partial charge on any atom is -0.496 e. The molecule has 0 atom stereocenters. The van der Waals surface area contributed by atoms with Crippen molar-refractivity contribution < 1.29 is 14.3 Å². The molecule has 3 rings (SSSR count). The number of nitrogens with zero attached hydrogens (tertiary/aromatic N) is 1. The van der Waals surface area contributed by atoms with Crippen molar-refractivity contribution in [2.45, 2.75) is 6.54 Å². The monoisotopic (exact) mass is 328 g/mol. The molecule has 6 heteroatoms. The highest BCUT2D eigenvalue weighted by atomic mass is 32.1. The molecular weight excluding hydrogens is 312 g/mol. The summed E-state index contributed by atoms with van der Waals surface area (Å²) in [6, 6.07) is 13.4. The van der Waals surface area contributed by atoms with Gasteiger partial charge in [0, 0.05) is 6.54 Å². The average Bonchev–Trinajstić information content (AvgIpc) is 3.02. The van der Waals surface area contributed by atoms with E-state index < -0.39 is 5.97 Å². The maximum absolute atomic E-state index is 11.8. The van der Waals surface area contributed by atoms with Crippen molar-refractivity contribution in [1.29, 1.82) is 0 Å². The Balaban J connectivity index is 1.78. The minimum atomic E-state index is -0.413. The van der Waals surface area contributed by atoms with Crippen LogP contribution in [-0.4, -0.2) is 25.2 Å². The van der Waals surface area contributed by atoms with Crippen LogP contribution in [0.25, 0.3) is 10.2 Å². The van der Waals surface area contributed by atoms with Crippen LogP contribution in [-0.2, 0) is 11.3 Å². The number of carbonyl (C=O) groups excluding carboxylic acids is 1. The molecule has 0 aliphatic carbocycles. The third kappa shape index (κ3) is 3.27. The van der Waals surface area contributed by atoms with Crippen molar-refractivity contribution in [2.24, 2.45) is 0 Å². The van der Waals surface area contributed by atoms with Crippen molar-refractivity contribution in [3.8, 4) is 5.75 Å². The lowest BCUT2D eigenvalue weighted by Gasteiger charge is -2.09. The third-order valence-electron chi connectivity index (χ3n) is 3.41. The van der Waals surface area contributed by atoms with E-state index >= 15 is 0 Å². The Labute approximate surface area is 137 Å². The number of thiazole rings is 1. The van der Waals surface area contributed by atoms with E-state index in [0.717, 1.165) is 20.9 Å². The predicted octanol–water partition coefficient (Wildman–Crippen LogP) is 3.70. The van der Waals surface area contributed by atoms with Gasteiger partial charge in [0.25, 0.3) is 0 Å². The van der Waals surface area contributed by atoms with Crippen LogP contribution in [0.2, 0.25) is 0 Å². The summed E-state index contributed by atoms with van der Waals surface area (Å²) in [6.45, 7) is 0.563. The van der Waals surface area contributed by atoms with E-state index in [2.05, 4.69) is 10.3 Å². The maximum atomic E-state index is 11.8. The van der Waals surface area contributed by atoms with Crippen LogP contribution in [0.3, 0.4) is 0 Å². The highest BCUT2D eigenvalue weighted by Crippen LogP contribution is 2.26. The first-order chi connectivity index (χ1) is 11.2. The zero-order valence-electron chi connectivity index (χ0n) is 12.8. The van der Waals surface area contributed by atoms with Gasteiger partial charge in [-0.15, -0.1) is 0 Å². The van der Waals surface area contributed by atoms with Crippen LogP contribution in [0.5, 0.6) is 5.75 Å². The molecule has 1 N–H and O–H groups in total. The third-order valence-corrected chi connectivity index (χ3v) is 4.40. The Morgan fingerprint density at radius 1 is 1.22 bits per heavy atom. The number of anilines is 1. The van der Waals surface area contributed by atoms with E-state index in [1.165, 1.54) is 14.2 Å². The van der Waals surface area contributed by atoms with E-state index in [4.69, 9.17) is 9.47 Å². The molecule has 0 saturated carbocycles. The second kappa shape index (κ2) is 6.66. The lowest BCUT2D eigenvalue weighted by atomic mass is 10.1. The van der Waals surface area contributed by atoms with Gasteiger partial charge >= 0.3 is 5.97 Å². The molecule has 3 aromatic rings. The molecule has 1 aromatic heterocycles. The maximum Gasteiger partial charge on any atom is 0.341 e. The van der Waals surface area contributed by atoms with Crippen LogP contribution in [0.15, 0.2) is 42.5 Å². The fourth-order valence-corrected chi connectivity index (χ4v) is 3.12. The lowest BCUT2D eigenvalue weighted by Crippen LogP contribution is -2.06. The Kier molecular flexibility index (Phi) is 4.43. The molecule has 0 unspecified atom stereocenters. The SMILES string of the molecule is COC(=O)c1cc(CNc2nc3ccccc3s2)ccc1OC. The van der Waals surface area contributed by atoms with Gasteiger partial charge < -0.3 is 14.8 Å². The summed E-state index contributed by atoms with van der Waals surface area (Å²) in [6.07, 6.45) is 0. The predicted molar refractivity (Wildman–Crippen MR) is 91.3 cm³/mol. The Hall–Kier alpha value is -2.60. The lowest BCUT2D eigenvalue weighted by molar-refractivity contribution is 0.0597. The number of methoxy groups -OCH3 is 2. The molecule has 0 bridgehead atoms. The number of esters is 1. The van der Waals surface area contributed by atoms with Gasteiger partial charge in [-0.1, -0.05) is 29.5 Å². The number of fused-ring (bicyclic) bond motifs is 1. The van der Waals surface area contributed by atoms with Crippen molar-refractivity contribution in [3.63, 3.8) is 0 Å². The van der Waals surface area contributed by atoms with Gasteiger partial charge in [-0.2, -0.15) is 0 Å². The van der Waals surface area contributed by atoms with Crippen LogP contribution >= 0.6 is 11.3 Å². The van der Waals surface area contributed by atoms with Crippen LogP contribution in [0.4, 0.5) is 5.13 Å². The molecule has 0 spiro atoms. The summed E-state index contributed by atoms with van der Waals surface area (Å²) in [4.78, 5) is 16.3. The first kappa shape index (κ1) is 15.3. The first-order valence-corrected chi connectivity index (χ1v) is 7.87. The minimum absolute atomic E-state index is 0.413. The van der Waals surface area contributed by atoms with E-state index in [1.807, 2.05) is 30.3 Å². The number of nitrogens with one attached hydrogen (secondary N) is 1. The number of benzene rings is 2. The van der Waals surface area contributed by atoms with E-state index in [0.29, 0.717) is 17.9 Å². The van der Waals surface area contributed by atoms with Crippen molar-refractivity contribution in [3.05, 3.63) is 53.6 Å². The van der Waals surface area contributed by atoms with E-state index in [9.17, 15) is 4.79 Å². The number of hydrogen-bond acceptors (Lipinski definition) is 6. The molecule has 0 amide bonds. The highest BCUT2D eigenvalue weighted by Gasteiger charge is 2.13. The summed E-state index contributed by atoms with van der Waals surface area (Å²) in [5, 5.41) is 4.14. The van der Waals surface area contributed by atoms with Gasteiger partial charge in [-0.3, -0.25) is 0 Å². The van der Waals surface area contributed by atoms with Crippen molar-refractivity contribution in [2.75, 3.05) is 19.5 Å². The van der Waals surface area contributed by atoms with Gasteiger partial charge in [0.2, 0.25) is 0 Å². The molecule has 2 aromatic carbocycles. The van der Waals surface area contributed by atoms with E-state index in [1.54, 1.807) is 23.5 Å². The van der Waals surface area contributed by atoms with Crippen LogP contribution < -0.4 is 10.1 Å². The normalized spacial score (nSPS) is 10.5. The molecule has 118 valence electrons.